The summed E-state index contributed by atoms with van der Waals surface area (Å²) in [5.41, 5.74) is 5.93. The smallest absolute Gasteiger partial charge is 0.325 e. The van der Waals surface area contributed by atoms with Gasteiger partial charge >= 0.3 is 6.01 Å². The molecule has 0 fully saturated rings. The summed E-state index contributed by atoms with van der Waals surface area (Å²) in [6.45, 7) is 1.59. The molecule has 2 rings (SSSR count). The predicted octanol–water partition coefficient (Wildman–Crippen LogP) is 2.83. The van der Waals surface area contributed by atoms with E-state index in [1.54, 1.807) is 13.0 Å². The zero-order valence-corrected chi connectivity index (χ0v) is 11.4. The molecule has 2 aromatic rings. The van der Waals surface area contributed by atoms with Crippen molar-refractivity contribution in [2.45, 2.75) is 6.92 Å². The van der Waals surface area contributed by atoms with Gasteiger partial charge in [-0.05, 0) is 28.9 Å². The largest absolute Gasteiger partial charge is 0.424 e. The van der Waals surface area contributed by atoms with Crippen LogP contribution in [-0.4, -0.2) is 14.9 Å². The molecule has 98 valence electrons. The minimum Gasteiger partial charge on any atom is -0.424 e. The van der Waals surface area contributed by atoms with E-state index >= 15 is 0 Å². The van der Waals surface area contributed by atoms with E-state index in [-0.39, 0.29) is 17.5 Å². The third kappa shape index (κ3) is 2.97. The summed E-state index contributed by atoms with van der Waals surface area (Å²) in [4.78, 5) is 18.2. The molecule has 1 aromatic heterocycles. The molecule has 0 saturated heterocycles. The fourth-order valence-corrected chi connectivity index (χ4v) is 1.85. The highest BCUT2D eigenvalue weighted by atomic mass is 79.9. The molecular weight excluding hydrogens is 316 g/mol. The van der Waals surface area contributed by atoms with Gasteiger partial charge in [-0.25, -0.2) is 0 Å². The van der Waals surface area contributed by atoms with Crippen molar-refractivity contribution in [2.75, 3.05) is 5.73 Å². The van der Waals surface area contributed by atoms with Crippen LogP contribution in [0.15, 0.2) is 28.9 Å². The van der Waals surface area contributed by atoms with E-state index in [9.17, 15) is 10.1 Å². The van der Waals surface area contributed by atoms with Crippen LogP contribution in [0.25, 0.3) is 0 Å². The van der Waals surface area contributed by atoms with Crippen molar-refractivity contribution in [1.29, 1.82) is 0 Å². The molecule has 0 aliphatic heterocycles. The van der Waals surface area contributed by atoms with Crippen LogP contribution in [0.5, 0.6) is 11.8 Å². The highest BCUT2D eigenvalue weighted by molar-refractivity contribution is 9.10. The van der Waals surface area contributed by atoms with Gasteiger partial charge in [0.1, 0.15) is 16.2 Å². The molecule has 0 unspecified atom stereocenters. The van der Waals surface area contributed by atoms with Crippen LogP contribution in [0, 0.1) is 17.0 Å². The lowest BCUT2D eigenvalue weighted by Crippen LogP contribution is -1.99. The van der Waals surface area contributed by atoms with Crippen LogP contribution in [0.4, 0.5) is 11.5 Å². The van der Waals surface area contributed by atoms with Crippen LogP contribution in [-0.2, 0) is 0 Å². The van der Waals surface area contributed by atoms with Crippen LogP contribution in [0.1, 0.15) is 5.56 Å². The number of nitro groups is 1. The average Bonchev–Trinajstić information content (AvgIpc) is 2.30. The minimum atomic E-state index is -0.474. The number of aromatic nitrogens is 2. The summed E-state index contributed by atoms with van der Waals surface area (Å²) in [7, 11) is 0. The second-order valence-corrected chi connectivity index (χ2v) is 4.47. The van der Waals surface area contributed by atoms with Crippen molar-refractivity contribution in [2.24, 2.45) is 0 Å². The summed E-state index contributed by atoms with van der Waals surface area (Å²) in [5.74, 6) is 0.548. The van der Waals surface area contributed by atoms with Crippen LogP contribution >= 0.6 is 15.9 Å². The Hall–Kier alpha value is -2.22. The Morgan fingerprint density at radius 2 is 2.16 bits per heavy atom. The Kier molecular flexibility index (Phi) is 3.61. The molecule has 1 aromatic carbocycles. The summed E-state index contributed by atoms with van der Waals surface area (Å²) >= 11 is 3.16. The number of rotatable bonds is 3. The van der Waals surface area contributed by atoms with E-state index in [4.69, 9.17) is 10.5 Å². The Morgan fingerprint density at radius 3 is 2.79 bits per heavy atom. The number of anilines is 1. The minimum absolute atomic E-state index is 0.0236. The molecule has 0 radical (unpaired) electrons. The van der Waals surface area contributed by atoms with E-state index in [0.717, 1.165) is 0 Å². The summed E-state index contributed by atoms with van der Waals surface area (Å²) in [5, 5.41) is 10.8. The summed E-state index contributed by atoms with van der Waals surface area (Å²) in [6.07, 6.45) is 0. The number of hydrogen-bond acceptors (Lipinski definition) is 6. The highest BCUT2D eigenvalue weighted by Gasteiger charge is 2.15. The second-order valence-electron chi connectivity index (χ2n) is 3.66. The molecule has 0 aliphatic rings. The SMILES string of the molecule is Cc1c(Oc2nc(N)cc(Br)n2)cccc1[N+](=O)[O-]. The fraction of sp³-hybridized carbons (Fsp3) is 0.0909. The Bertz CT molecular complexity index is 628. The number of nitro benzene ring substituents is 1. The fourth-order valence-electron chi connectivity index (χ4n) is 1.47. The van der Waals surface area contributed by atoms with Gasteiger partial charge in [-0.1, -0.05) is 6.07 Å². The maximum atomic E-state index is 10.8. The molecule has 0 spiro atoms. The number of nitrogen functional groups attached to an aromatic ring is 1. The Labute approximate surface area is 116 Å². The molecule has 0 bridgehead atoms. The van der Waals surface area contributed by atoms with Gasteiger partial charge in [0.2, 0.25) is 0 Å². The van der Waals surface area contributed by atoms with Gasteiger partial charge in [-0.2, -0.15) is 9.97 Å². The molecule has 0 saturated carbocycles. The highest BCUT2D eigenvalue weighted by Crippen LogP contribution is 2.30. The molecule has 1 heterocycles. The first kappa shape index (κ1) is 13.2. The first-order chi connectivity index (χ1) is 8.97. The van der Waals surface area contributed by atoms with Crippen LogP contribution in [0.3, 0.4) is 0 Å². The lowest BCUT2D eigenvalue weighted by Gasteiger charge is -2.07. The molecule has 8 heteroatoms. The zero-order valence-electron chi connectivity index (χ0n) is 9.83. The number of halogens is 1. The van der Waals surface area contributed by atoms with Crippen molar-refractivity contribution in [3.8, 4) is 11.8 Å². The third-order valence-electron chi connectivity index (χ3n) is 2.35. The van der Waals surface area contributed by atoms with Crippen LogP contribution in [0.2, 0.25) is 0 Å². The van der Waals surface area contributed by atoms with Gasteiger partial charge in [0.15, 0.2) is 0 Å². The molecule has 0 atom stereocenters. The number of nitrogens with zero attached hydrogens (tertiary/aromatic N) is 3. The summed E-state index contributed by atoms with van der Waals surface area (Å²) < 4.78 is 5.90. The van der Waals surface area contributed by atoms with Crippen molar-refractivity contribution in [1.82, 2.24) is 9.97 Å². The zero-order chi connectivity index (χ0) is 14.0. The first-order valence-corrected chi connectivity index (χ1v) is 5.98. The van der Waals surface area contributed by atoms with Gasteiger partial charge in [0.05, 0.1) is 10.5 Å². The quantitative estimate of drug-likeness (QED) is 0.528. The van der Waals surface area contributed by atoms with Crippen LogP contribution < -0.4 is 10.5 Å². The molecular formula is C11H9BrN4O3. The van der Waals surface area contributed by atoms with Gasteiger partial charge in [-0.15, -0.1) is 0 Å². The number of hydrogen-bond donors (Lipinski definition) is 1. The average molecular weight is 325 g/mol. The maximum Gasteiger partial charge on any atom is 0.325 e. The molecule has 19 heavy (non-hydrogen) atoms. The van der Waals surface area contributed by atoms with Gasteiger partial charge < -0.3 is 10.5 Å². The van der Waals surface area contributed by atoms with Crippen molar-refractivity contribution >= 4 is 27.4 Å². The Balaban J connectivity index is 2.38. The van der Waals surface area contributed by atoms with Gasteiger partial charge in [0, 0.05) is 12.1 Å². The van der Waals surface area contributed by atoms with E-state index in [0.29, 0.717) is 15.9 Å². The standard InChI is InChI=1S/C11H9BrN4O3/c1-6-7(16(17)18)3-2-4-8(6)19-11-14-9(12)5-10(13)15-11/h2-5H,1H3,(H2,13,14,15). The lowest BCUT2D eigenvalue weighted by molar-refractivity contribution is -0.385. The maximum absolute atomic E-state index is 10.8. The topological polar surface area (TPSA) is 104 Å². The summed E-state index contributed by atoms with van der Waals surface area (Å²) in [6, 6.07) is 6.08. The number of ether oxygens (including phenoxy) is 1. The molecule has 7 nitrogen and oxygen atoms in total. The monoisotopic (exact) mass is 324 g/mol. The van der Waals surface area contributed by atoms with E-state index in [1.807, 2.05) is 0 Å². The third-order valence-corrected chi connectivity index (χ3v) is 2.75. The normalized spacial score (nSPS) is 10.2. The molecule has 0 amide bonds. The van der Waals surface area contributed by atoms with Crippen molar-refractivity contribution < 1.29 is 9.66 Å². The van der Waals surface area contributed by atoms with Crippen molar-refractivity contribution in [3.63, 3.8) is 0 Å². The number of nitrogens with two attached hydrogens (primary N) is 1. The first-order valence-electron chi connectivity index (χ1n) is 5.19. The Morgan fingerprint density at radius 1 is 1.42 bits per heavy atom. The van der Waals surface area contributed by atoms with E-state index in [1.165, 1.54) is 18.2 Å². The van der Waals surface area contributed by atoms with E-state index in [2.05, 4.69) is 25.9 Å². The second kappa shape index (κ2) is 5.19. The molecule has 2 N–H and O–H groups in total. The molecule has 0 aliphatic carbocycles. The number of benzene rings is 1. The van der Waals surface area contributed by atoms with Crippen molar-refractivity contribution in [3.05, 3.63) is 44.5 Å². The van der Waals surface area contributed by atoms with Gasteiger partial charge in [-0.3, -0.25) is 10.1 Å². The van der Waals surface area contributed by atoms with E-state index < -0.39 is 4.92 Å². The predicted molar refractivity (Wildman–Crippen MR) is 72.1 cm³/mol. The van der Waals surface area contributed by atoms with Gasteiger partial charge in [0.25, 0.3) is 5.69 Å². The lowest BCUT2D eigenvalue weighted by atomic mass is 10.2.